The molecule has 0 atom stereocenters. The van der Waals surface area contributed by atoms with Gasteiger partial charge in [0.1, 0.15) is 17.3 Å². The highest BCUT2D eigenvalue weighted by Gasteiger charge is 2.31. The van der Waals surface area contributed by atoms with Gasteiger partial charge < -0.3 is 14.6 Å². The molecule has 0 bridgehead atoms. The largest absolute Gasteiger partial charge is 0.573 e. The van der Waals surface area contributed by atoms with E-state index in [-0.39, 0.29) is 11.6 Å². The highest BCUT2D eigenvalue weighted by Crippen LogP contribution is 2.35. The van der Waals surface area contributed by atoms with Crippen LogP contribution in [-0.4, -0.2) is 35.4 Å². The fourth-order valence-electron chi connectivity index (χ4n) is 2.99. The highest BCUT2D eigenvalue weighted by molar-refractivity contribution is 7.97. The van der Waals surface area contributed by atoms with Crippen molar-refractivity contribution in [3.8, 4) is 22.6 Å². The summed E-state index contributed by atoms with van der Waals surface area (Å²) in [7, 11) is 1.83. The van der Waals surface area contributed by atoms with Crippen molar-refractivity contribution in [1.29, 1.82) is 0 Å². The van der Waals surface area contributed by atoms with Crippen LogP contribution < -0.4 is 9.47 Å². The Hall–Kier alpha value is -3.24. The van der Waals surface area contributed by atoms with Gasteiger partial charge in [-0.15, -0.1) is 13.2 Å². The number of halogens is 4. The van der Waals surface area contributed by atoms with E-state index < -0.39 is 24.7 Å². The summed E-state index contributed by atoms with van der Waals surface area (Å²) < 4.78 is 62.2. The van der Waals surface area contributed by atoms with Gasteiger partial charge in [0.05, 0.1) is 0 Å². The molecule has 0 spiro atoms. The summed E-state index contributed by atoms with van der Waals surface area (Å²) in [6.45, 7) is -0.168. The molecule has 3 aromatic carbocycles. The molecule has 174 valence electrons. The van der Waals surface area contributed by atoms with Crippen molar-refractivity contribution in [3.05, 3.63) is 78.1 Å². The summed E-state index contributed by atoms with van der Waals surface area (Å²) in [5.41, 5.74) is 1.58. The molecule has 0 aromatic heterocycles. The monoisotopic (exact) mass is 481 g/mol. The lowest BCUT2D eigenvalue weighted by molar-refractivity contribution is -0.274. The van der Waals surface area contributed by atoms with Gasteiger partial charge in [-0.25, -0.2) is 13.5 Å². The van der Waals surface area contributed by atoms with Crippen LogP contribution in [0.5, 0.6) is 11.5 Å². The summed E-state index contributed by atoms with van der Waals surface area (Å²) in [6.07, 6.45) is -4.84. The number of carboxylic acids is 1. The van der Waals surface area contributed by atoms with E-state index in [1.165, 1.54) is 42.3 Å². The van der Waals surface area contributed by atoms with E-state index in [1.54, 1.807) is 36.4 Å². The van der Waals surface area contributed by atoms with Crippen LogP contribution >= 0.6 is 11.9 Å². The van der Waals surface area contributed by atoms with E-state index in [2.05, 4.69) is 4.74 Å². The predicted octanol–water partition coefficient (Wildman–Crippen LogP) is 5.99. The third-order valence-corrected chi connectivity index (χ3v) is 5.18. The van der Waals surface area contributed by atoms with E-state index in [0.29, 0.717) is 17.7 Å². The molecule has 0 amide bonds. The Morgan fingerprint density at radius 1 is 1.06 bits per heavy atom. The molecule has 3 aromatic rings. The van der Waals surface area contributed by atoms with Crippen LogP contribution in [0.2, 0.25) is 0 Å². The fraction of sp³-hybridized carbons (Fsp3) is 0.174. The minimum atomic E-state index is -4.84. The summed E-state index contributed by atoms with van der Waals surface area (Å²) in [4.78, 5) is 11.8. The zero-order chi connectivity index (χ0) is 24.0. The number of aliphatic carboxylic acids is 1. The van der Waals surface area contributed by atoms with Crippen LogP contribution in [0, 0.1) is 5.82 Å². The van der Waals surface area contributed by atoms with Crippen LogP contribution in [0.1, 0.15) is 5.56 Å². The molecule has 0 unspecified atom stereocenters. The van der Waals surface area contributed by atoms with E-state index in [1.807, 2.05) is 11.4 Å². The Kier molecular flexibility index (Phi) is 7.83. The van der Waals surface area contributed by atoms with Crippen LogP contribution in [-0.2, 0) is 11.3 Å². The Morgan fingerprint density at radius 3 is 2.45 bits per heavy atom. The first-order valence-corrected chi connectivity index (χ1v) is 10.3. The molecular weight excluding hydrogens is 462 g/mol. The molecule has 5 nitrogen and oxygen atoms in total. The van der Waals surface area contributed by atoms with Gasteiger partial charge in [0.15, 0.2) is 6.61 Å². The van der Waals surface area contributed by atoms with Gasteiger partial charge in [-0.3, -0.25) is 0 Å². The van der Waals surface area contributed by atoms with Gasteiger partial charge in [0.25, 0.3) is 0 Å². The SMILES string of the molecule is CN(Cc1ccc(OCC(=O)O)c(-c2cccc(OC(F)(F)F)c2)c1)Sc1ccc(F)cc1. The predicted molar refractivity (Wildman–Crippen MR) is 115 cm³/mol. The number of benzene rings is 3. The number of carbonyl (C=O) groups is 1. The van der Waals surface area contributed by atoms with Gasteiger partial charge in [0, 0.05) is 17.0 Å². The maximum atomic E-state index is 13.1. The van der Waals surface area contributed by atoms with Crippen LogP contribution in [0.15, 0.2) is 71.6 Å². The van der Waals surface area contributed by atoms with Crippen molar-refractivity contribution in [2.75, 3.05) is 13.7 Å². The third-order valence-electron chi connectivity index (χ3n) is 4.25. The maximum absolute atomic E-state index is 13.1. The molecule has 0 saturated heterocycles. The minimum absolute atomic E-state index is 0.208. The second-order valence-corrected chi connectivity index (χ2v) is 8.20. The topological polar surface area (TPSA) is 59.0 Å². The van der Waals surface area contributed by atoms with Gasteiger partial charge in [-0.1, -0.05) is 18.2 Å². The maximum Gasteiger partial charge on any atom is 0.573 e. The quantitative estimate of drug-likeness (QED) is 0.299. The van der Waals surface area contributed by atoms with Crippen molar-refractivity contribution < 1.29 is 36.9 Å². The molecule has 1 N–H and O–H groups in total. The zero-order valence-corrected chi connectivity index (χ0v) is 18.1. The number of hydrogen-bond donors (Lipinski definition) is 1. The number of hydrogen-bond acceptors (Lipinski definition) is 5. The normalized spacial score (nSPS) is 11.5. The van der Waals surface area contributed by atoms with Gasteiger partial charge in [-0.05, 0) is 78.7 Å². The first-order valence-electron chi connectivity index (χ1n) is 9.57. The molecule has 0 saturated carbocycles. The Morgan fingerprint density at radius 2 is 1.79 bits per heavy atom. The second kappa shape index (κ2) is 10.6. The molecule has 0 aliphatic rings. The minimum Gasteiger partial charge on any atom is -0.481 e. The van der Waals surface area contributed by atoms with Crippen molar-refractivity contribution in [2.45, 2.75) is 17.8 Å². The van der Waals surface area contributed by atoms with E-state index >= 15 is 0 Å². The molecular formula is C23H19F4NO4S. The molecule has 3 rings (SSSR count). The lowest BCUT2D eigenvalue weighted by Gasteiger charge is -2.18. The van der Waals surface area contributed by atoms with E-state index in [0.717, 1.165) is 10.5 Å². The standard InChI is InChI=1S/C23H19F4NO4S/c1-28(33-19-8-6-17(24)7-9-19)13-15-5-10-21(31-14-22(29)30)20(11-15)16-3-2-4-18(12-16)32-23(25,26)27/h2-12H,13-14H2,1H3,(H,29,30). The average molecular weight is 481 g/mol. The molecule has 10 heteroatoms. The zero-order valence-electron chi connectivity index (χ0n) is 17.3. The number of rotatable bonds is 9. The molecule has 0 radical (unpaired) electrons. The molecule has 0 fully saturated rings. The average Bonchev–Trinajstić information content (AvgIpc) is 2.73. The molecule has 0 aliphatic heterocycles. The Bertz CT molecular complexity index is 1110. The Labute approximate surface area is 191 Å². The van der Waals surface area contributed by atoms with Crippen molar-refractivity contribution in [2.24, 2.45) is 0 Å². The first-order chi connectivity index (χ1) is 15.6. The van der Waals surface area contributed by atoms with Crippen molar-refractivity contribution >= 4 is 17.9 Å². The van der Waals surface area contributed by atoms with E-state index in [4.69, 9.17) is 9.84 Å². The van der Waals surface area contributed by atoms with Crippen molar-refractivity contribution in [3.63, 3.8) is 0 Å². The lowest BCUT2D eigenvalue weighted by Crippen LogP contribution is -2.17. The number of nitrogens with zero attached hydrogens (tertiary/aromatic N) is 1. The first kappa shape index (κ1) is 24.4. The molecule has 0 heterocycles. The van der Waals surface area contributed by atoms with Gasteiger partial charge in [-0.2, -0.15) is 0 Å². The fourth-order valence-corrected chi connectivity index (χ4v) is 3.82. The lowest BCUT2D eigenvalue weighted by atomic mass is 10.0. The van der Waals surface area contributed by atoms with Gasteiger partial charge >= 0.3 is 12.3 Å². The third kappa shape index (κ3) is 7.69. The number of alkyl halides is 3. The summed E-state index contributed by atoms with van der Waals surface area (Å²) in [5.74, 6) is -1.72. The highest BCUT2D eigenvalue weighted by atomic mass is 32.2. The summed E-state index contributed by atoms with van der Waals surface area (Å²) in [6, 6.07) is 16.4. The number of ether oxygens (including phenoxy) is 2. The summed E-state index contributed by atoms with van der Waals surface area (Å²) in [5, 5.41) is 8.94. The Balaban J connectivity index is 1.87. The molecule has 0 aliphatic carbocycles. The smallest absolute Gasteiger partial charge is 0.481 e. The summed E-state index contributed by atoms with van der Waals surface area (Å²) >= 11 is 1.39. The van der Waals surface area contributed by atoms with Gasteiger partial charge in [0.2, 0.25) is 0 Å². The number of carboxylic acid groups (broad SMARTS) is 1. The second-order valence-electron chi connectivity index (χ2n) is 6.92. The van der Waals surface area contributed by atoms with Crippen molar-refractivity contribution in [1.82, 2.24) is 4.31 Å². The van der Waals surface area contributed by atoms with Crippen LogP contribution in [0.3, 0.4) is 0 Å². The van der Waals surface area contributed by atoms with Crippen LogP contribution in [0.25, 0.3) is 11.1 Å². The van der Waals surface area contributed by atoms with Crippen LogP contribution in [0.4, 0.5) is 17.6 Å². The molecule has 33 heavy (non-hydrogen) atoms. The van der Waals surface area contributed by atoms with E-state index in [9.17, 15) is 22.4 Å².